The van der Waals surface area contributed by atoms with Crippen LogP contribution in [0.4, 0.5) is 0 Å². The van der Waals surface area contributed by atoms with Gasteiger partial charge in [0, 0.05) is 5.02 Å². The molecule has 0 bridgehead atoms. The van der Waals surface area contributed by atoms with Gasteiger partial charge in [-0.25, -0.2) is 4.98 Å². The molecule has 2 aromatic rings. The Balaban J connectivity index is 1.79. The summed E-state index contributed by atoms with van der Waals surface area (Å²) in [5.41, 5.74) is 1.73. The maximum absolute atomic E-state index is 12.0. The normalized spacial score (nSPS) is 19.5. The van der Waals surface area contributed by atoms with Crippen LogP contribution in [0.5, 0.6) is 0 Å². The second kappa shape index (κ2) is 4.71. The topological polar surface area (TPSA) is 57.8 Å². The Hall–Kier alpha value is -1.39. The van der Waals surface area contributed by atoms with Crippen molar-refractivity contribution in [1.29, 1.82) is 0 Å². The molecule has 5 heteroatoms. The molecule has 2 heterocycles. The largest absolute Gasteiger partial charge is 0.342 e. The summed E-state index contributed by atoms with van der Waals surface area (Å²) in [6, 6.07) is 5.48. The first-order valence-electron chi connectivity index (χ1n) is 6.12. The monoisotopic (exact) mass is 263 g/mol. The number of fused-ring (bicyclic) bond motifs is 1. The molecule has 0 amide bonds. The molecular formula is C13H14ClN3O. The van der Waals surface area contributed by atoms with Crippen molar-refractivity contribution in [3.05, 3.63) is 29.0 Å². The van der Waals surface area contributed by atoms with Gasteiger partial charge < -0.3 is 10.3 Å². The lowest BCUT2D eigenvalue weighted by atomic mass is 10.1. The minimum Gasteiger partial charge on any atom is -0.342 e. The maximum atomic E-state index is 12.0. The lowest BCUT2D eigenvalue weighted by Crippen LogP contribution is -2.32. The Morgan fingerprint density at radius 3 is 3.17 bits per heavy atom. The molecular weight excluding hydrogens is 250 g/mol. The van der Waals surface area contributed by atoms with Crippen LogP contribution in [0.25, 0.3) is 11.0 Å². The van der Waals surface area contributed by atoms with E-state index in [1.807, 2.05) is 12.1 Å². The van der Waals surface area contributed by atoms with E-state index >= 15 is 0 Å². The van der Waals surface area contributed by atoms with E-state index in [9.17, 15) is 4.79 Å². The highest BCUT2D eigenvalue weighted by molar-refractivity contribution is 6.31. The van der Waals surface area contributed by atoms with E-state index in [0.29, 0.717) is 17.3 Å². The van der Waals surface area contributed by atoms with Gasteiger partial charge in [-0.15, -0.1) is 0 Å². The van der Waals surface area contributed by atoms with Crippen LogP contribution in [0.1, 0.15) is 18.7 Å². The van der Waals surface area contributed by atoms with Gasteiger partial charge in [0.05, 0.1) is 23.5 Å². The summed E-state index contributed by atoms with van der Waals surface area (Å²) in [5, 5.41) is 3.88. The number of Topliss-reactive ketones (excluding diaryl/α,β-unsaturated/α-hetero) is 1. The molecule has 0 saturated carbocycles. The van der Waals surface area contributed by atoms with Gasteiger partial charge in [0.1, 0.15) is 5.82 Å². The van der Waals surface area contributed by atoms with Gasteiger partial charge in [-0.1, -0.05) is 11.6 Å². The molecule has 18 heavy (non-hydrogen) atoms. The number of H-pyrrole nitrogens is 1. The number of ketones is 1. The van der Waals surface area contributed by atoms with Crippen LogP contribution >= 0.6 is 11.6 Å². The number of hydrogen-bond acceptors (Lipinski definition) is 3. The fourth-order valence-electron chi connectivity index (χ4n) is 2.37. The SMILES string of the molecule is O=C(Cc1nc2ccc(Cl)cc2[nH]1)[C@@H]1CCCN1. The van der Waals surface area contributed by atoms with E-state index in [1.54, 1.807) is 6.07 Å². The molecule has 1 aliphatic rings. The number of carbonyl (C=O) groups is 1. The number of carbonyl (C=O) groups excluding carboxylic acids is 1. The molecule has 1 aliphatic heterocycles. The second-order valence-corrected chi connectivity index (χ2v) is 5.07. The van der Waals surface area contributed by atoms with Crippen LogP contribution in [-0.4, -0.2) is 28.3 Å². The number of benzene rings is 1. The summed E-state index contributed by atoms with van der Waals surface area (Å²) < 4.78 is 0. The summed E-state index contributed by atoms with van der Waals surface area (Å²) in [4.78, 5) is 19.6. The third-order valence-corrected chi connectivity index (χ3v) is 3.52. The zero-order valence-corrected chi connectivity index (χ0v) is 10.6. The summed E-state index contributed by atoms with van der Waals surface area (Å²) in [5.74, 6) is 0.920. The smallest absolute Gasteiger partial charge is 0.157 e. The minimum absolute atomic E-state index is 0.00167. The molecule has 3 rings (SSSR count). The first kappa shape index (κ1) is 11.7. The van der Waals surface area contributed by atoms with E-state index in [0.717, 1.165) is 30.4 Å². The van der Waals surface area contributed by atoms with Crippen molar-refractivity contribution in [2.45, 2.75) is 25.3 Å². The number of aromatic amines is 1. The van der Waals surface area contributed by atoms with Crippen molar-refractivity contribution in [3.63, 3.8) is 0 Å². The van der Waals surface area contributed by atoms with Gasteiger partial charge in [-0.2, -0.15) is 0 Å². The third kappa shape index (κ3) is 2.26. The van der Waals surface area contributed by atoms with E-state index in [2.05, 4.69) is 15.3 Å². The highest BCUT2D eigenvalue weighted by Gasteiger charge is 2.22. The van der Waals surface area contributed by atoms with Gasteiger partial charge in [0.25, 0.3) is 0 Å². The number of rotatable bonds is 3. The van der Waals surface area contributed by atoms with Crippen LogP contribution in [0.2, 0.25) is 5.02 Å². The van der Waals surface area contributed by atoms with Crippen molar-refractivity contribution in [2.75, 3.05) is 6.54 Å². The predicted molar refractivity (Wildman–Crippen MR) is 70.8 cm³/mol. The van der Waals surface area contributed by atoms with E-state index < -0.39 is 0 Å². The predicted octanol–water partition coefficient (Wildman–Crippen LogP) is 2.08. The molecule has 94 valence electrons. The average molecular weight is 264 g/mol. The fraction of sp³-hybridized carbons (Fsp3) is 0.385. The van der Waals surface area contributed by atoms with E-state index in [4.69, 9.17) is 11.6 Å². The van der Waals surface area contributed by atoms with Crippen molar-refractivity contribution in [2.24, 2.45) is 0 Å². The molecule has 0 unspecified atom stereocenters. The van der Waals surface area contributed by atoms with Gasteiger partial charge in [0.15, 0.2) is 5.78 Å². The molecule has 1 aromatic carbocycles. The van der Waals surface area contributed by atoms with Crippen LogP contribution < -0.4 is 5.32 Å². The van der Waals surface area contributed by atoms with Crippen molar-refractivity contribution in [3.8, 4) is 0 Å². The Kier molecular flexibility index (Phi) is 3.06. The van der Waals surface area contributed by atoms with Gasteiger partial charge >= 0.3 is 0 Å². The summed E-state index contributed by atoms with van der Waals surface area (Å²) in [6.45, 7) is 0.937. The van der Waals surface area contributed by atoms with Crippen LogP contribution in [0, 0.1) is 0 Å². The number of nitrogens with zero attached hydrogens (tertiary/aromatic N) is 1. The van der Waals surface area contributed by atoms with Crippen molar-refractivity contribution >= 4 is 28.4 Å². The molecule has 1 fully saturated rings. The number of imidazole rings is 1. The van der Waals surface area contributed by atoms with Gasteiger partial charge in [-0.05, 0) is 37.6 Å². The van der Waals surface area contributed by atoms with Crippen LogP contribution in [-0.2, 0) is 11.2 Å². The first-order valence-corrected chi connectivity index (χ1v) is 6.50. The second-order valence-electron chi connectivity index (χ2n) is 4.64. The lowest BCUT2D eigenvalue weighted by Gasteiger charge is -2.06. The van der Waals surface area contributed by atoms with Gasteiger partial charge in [0.2, 0.25) is 0 Å². The molecule has 0 radical (unpaired) electrons. The highest BCUT2D eigenvalue weighted by atomic mass is 35.5. The molecule has 4 nitrogen and oxygen atoms in total. The molecule has 1 aromatic heterocycles. The molecule has 1 atom stereocenters. The van der Waals surface area contributed by atoms with Gasteiger partial charge in [-0.3, -0.25) is 4.79 Å². The van der Waals surface area contributed by atoms with E-state index in [-0.39, 0.29) is 11.8 Å². The standard InChI is InChI=1S/C13H14ClN3O/c14-8-3-4-9-11(6-8)17-13(16-9)7-12(18)10-2-1-5-15-10/h3-4,6,10,15H,1-2,5,7H2,(H,16,17)/t10-/m0/s1. The van der Waals surface area contributed by atoms with Crippen molar-refractivity contribution < 1.29 is 4.79 Å². The van der Waals surface area contributed by atoms with Crippen molar-refractivity contribution in [1.82, 2.24) is 15.3 Å². The minimum atomic E-state index is 0.00167. The Morgan fingerprint density at radius 1 is 1.50 bits per heavy atom. The third-order valence-electron chi connectivity index (χ3n) is 3.28. The van der Waals surface area contributed by atoms with E-state index in [1.165, 1.54) is 0 Å². The Bertz CT molecular complexity index is 587. The Labute approximate surface area is 110 Å². The number of aromatic nitrogens is 2. The number of halogens is 1. The number of nitrogens with one attached hydrogen (secondary N) is 2. The maximum Gasteiger partial charge on any atom is 0.157 e. The zero-order chi connectivity index (χ0) is 12.5. The zero-order valence-electron chi connectivity index (χ0n) is 9.87. The average Bonchev–Trinajstić information content (AvgIpc) is 2.95. The number of hydrogen-bond donors (Lipinski definition) is 2. The van der Waals surface area contributed by atoms with Crippen LogP contribution in [0.15, 0.2) is 18.2 Å². The lowest BCUT2D eigenvalue weighted by molar-refractivity contribution is -0.120. The summed E-state index contributed by atoms with van der Waals surface area (Å²) in [6.07, 6.45) is 2.36. The summed E-state index contributed by atoms with van der Waals surface area (Å²) in [7, 11) is 0. The van der Waals surface area contributed by atoms with Crippen LogP contribution in [0.3, 0.4) is 0 Å². The summed E-state index contributed by atoms with van der Waals surface area (Å²) >= 11 is 5.91. The molecule has 2 N–H and O–H groups in total. The fourth-order valence-corrected chi connectivity index (χ4v) is 2.54. The quantitative estimate of drug-likeness (QED) is 0.891. The molecule has 1 saturated heterocycles. The molecule has 0 aliphatic carbocycles. The first-order chi connectivity index (χ1) is 8.72. The Morgan fingerprint density at radius 2 is 2.39 bits per heavy atom. The highest BCUT2D eigenvalue weighted by Crippen LogP contribution is 2.18. The molecule has 0 spiro atoms.